The third kappa shape index (κ3) is 2.53. The Hall–Kier alpha value is -0.670. The predicted octanol–water partition coefficient (Wildman–Crippen LogP) is 3.48. The molecule has 86 valence electrons. The number of carbonyl (C=O) groups is 1. The molecular formula is C12H14ClNOS. The van der Waals surface area contributed by atoms with Crippen LogP contribution in [0.5, 0.6) is 0 Å². The van der Waals surface area contributed by atoms with Gasteiger partial charge in [0.15, 0.2) is 0 Å². The van der Waals surface area contributed by atoms with Crippen LogP contribution in [0.1, 0.15) is 18.4 Å². The Morgan fingerprint density at radius 3 is 3.06 bits per heavy atom. The van der Waals surface area contributed by atoms with E-state index < -0.39 is 0 Å². The predicted molar refractivity (Wildman–Crippen MR) is 70.3 cm³/mol. The summed E-state index contributed by atoms with van der Waals surface area (Å²) in [6.07, 6.45) is 2.12. The molecule has 2 nitrogen and oxygen atoms in total. The molecule has 1 saturated heterocycles. The van der Waals surface area contributed by atoms with Crippen molar-refractivity contribution in [3.8, 4) is 0 Å². The average Bonchev–Trinajstić information content (AvgIpc) is 2.78. The van der Waals surface area contributed by atoms with Gasteiger partial charge in [0.1, 0.15) is 0 Å². The summed E-state index contributed by atoms with van der Waals surface area (Å²) < 4.78 is 0. The zero-order chi connectivity index (χ0) is 11.5. The lowest BCUT2D eigenvalue weighted by Gasteiger charge is -2.12. The Kier molecular flexibility index (Phi) is 3.77. The van der Waals surface area contributed by atoms with Gasteiger partial charge in [-0.2, -0.15) is 0 Å². The van der Waals surface area contributed by atoms with Gasteiger partial charge >= 0.3 is 0 Å². The van der Waals surface area contributed by atoms with Crippen molar-refractivity contribution in [2.24, 2.45) is 0 Å². The van der Waals surface area contributed by atoms with Crippen LogP contribution < -0.4 is 5.32 Å². The van der Waals surface area contributed by atoms with Crippen LogP contribution in [0.3, 0.4) is 0 Å². The summed E-state index contributed by atoms with van der Waals surface area (Å²) in [5.41, 5.74) is 1.76. The Balaban J connectivity index is 2.08. The van der Waals surface area contributed by atoms with Crippen LogP contribution in [-0.4, -0.2) is 16.9 Å². The van der Waals surface area contributed by atoms with Crippen LogP contribution in [0.15, 0.2) is 18.2 Å². The second kappa shape index (κ2) is 5.11. The zero-order valence-corrected chi connectivity index (χ0v) is 10.7. The summed E-state index contributed by atoms with van der Waals surface area (Å²) in [6, 6.07) is 5.57. The molecule has 0 aromatic heterocycles. The Morgan fingerprint density at radius 1 is 1.56 bits per heavy atom. The maximum Gasteiger partial charge on any atom is 0.237 e. The summed E-state index contributed by atoms with van der Waals surface area (Å²) >= 11 is 7.74. The third-order valence-corrected chi connectivity index (χ3v) is 4.53. The molecule has 1 fully saturated rings. The molecule has 0 saturated carbocycles. The van der Waals surface area contributed by atoms with Gasteiger partial charge in [0, 0.05) is 10.7 Å². The van der Waals surface area contributed by atoms with Crippen molar-refractivity contribution >= 4 is 35.0 Å². The van der Waals surface area contributed by atoms with E-state index in [4.69, 9.17) is 11.6 Å². The maximum absolute atomic E-state index is 11.9. The maximum atomic E-state index is 11.9. The average molecular weight is 256 g/mol. The fourth-order valence-electron chi connectivity index (χ4n) is 1.74. The molecule has 1 unspecified atom stereocenters. The number of carbonyl (C=O) groups excluding carboxylic acids is 1. The van der Waals surface area contributed by atoms with Gasteiger partial charge in [-0.15, -0.1) is 11.8 Å². The van der Waals surface area contributed by atoms with Crippen molar-refractivity contribution in [3.63, 3.8) is 0 Å². The number of benzene rings is 1. The van der Waals surface area contributed by atoms with E-state index in [2.05, 4.69) is 5.32 Å². The molecule has 4 heteroatoms. The lowest BCUT2D eigenvalue weighted by Crippen LogP contribution is -2.23. The molecule has 0 bridgehead atoms. The number of halogens is 1. The normalized spacial score (nSPS) is 19.8. The van der Waals surface area contributed by atoms with Crippen LogP contribution in [0.2, 0.25) is 5.02 Å². The molecule has 1 heterocycles. The summed E-state index contributed by atoms with van der Waals surface area (Å²) in [6.45, 7) is 1.92. The minimum absolute atomic E-state index is 0.105. The first-order valence-corrected chi connectivity index (χ1v) is 6.79. The summed E-state index contributed by atoms with van der Waals surface area (Å²) in [4.78, 5) is 11.9. The molecule has 1 aliphatic heterocycles. The number of hydrogen-bond acceptors (Lipinski definition) is 2. The molecule has 0 aliphatic carbocycles. The number of amides is 1. The van der Waals surface area contributed by atoms with E-state index >= 15 is 0 Å². The number of thioether (sulfide) groups is 1. The van der Waals surface area contributed by atoms with E-state index in [0.717, 1.165) is 29.8 Å². The molecule has 0 spiro atoms. The summed E-state index contributed by atoms with van der Waals surface area (Å²) in [7, 11) is 0. The molecule has 0 radical (unpaired) electrons. The topological polar surface area (TPSA) is 29.1 Å². The van der Waals surface area contributed by atoms with Crippen molar-refractivity contribution in [1.82, 2.24) is 0 Å². The number of anilines is 1. The highest BCUT2D eigenvalue weighted by Gasteiger charge is 2.23. The van der Waals surface area contributed by atoms with Gasteiger partial charge in [0.05, 0.1) is 5.25 Å². The van der Waals surface area contributed by atoms with Gasteiger partial charge in [0.2, 0.25) is 5.91 Å². The molecule has 1 N–H and O–H groups in total. The molecule has 1 aromatic carbocycles. The molecule has 2 rings (SSSR count). The lowest BCUT2D eigenvalue weighted by atomic mass is 10.2. The second-order valence-electron chi connectivity index (χ2n) is 3.90. The molecule has 1 aromatic rings. The van der Waals surface area contributed by atoms with E-state index in [1.54, 1.807) is 11.8 Å². The van der Waals surface area contributed by atoms with Crippen molar-refractivity contribution in [3.05, 3.63) is 28.8 Å². The Bertz CT molecular complexity index is 402. The molecule has 1 aliphatic rings. The number of rotatable bonds is 2. The van der Waals surface area contributed by atoms with E-state index in [-0.39, 0.29) is 11.2 Å². The fraction of sp³-hybridized carbons (Fsp3) is 0.417. The molecular weight excluding hydrogens is 242 g/mol. The van der Waals surface area contributed by atoms with Crippen LogP contribution in [0.25, 0.3) is 0 Å². The fourth-order valence-corrected chi connectivity index (χ4v) is 3.08. The minimum atomic E-state index is 0.105. The van der Waals surface area contributed by atoms with E-state index in [1.807, 2.05) is 25.1 Å². The first kappa shape index (κ1) is 11.8. The Morgan fingerprint density at radius 2 is 2.38 bits per heavy atom. The lowest BCUT2D eigenvalue weighted by molar-refractivity contribution is -0.115. The van der Waals surface area contributed by atoms with E-state index in [1.165, 1.54) is 0 Å². The standard InChI is InChI=1S/C12H14ClNOS/c1-8-9(13)4-2-5-10(8)14-12(15)11-6-3-7-16-11/h2,4-5,11H,3,6-7H2,1H3,(H,14,15). The zero-order valence-electron chi connectivity index (χ0n) is 9.13. The number of nitrogens with one attached hydrogen (secondary N) is 1. The summed E-state index contributed by atoms with van der Waals surface area (Å²) in [5.74, 6) is 1.19. The van der Waals surface area contributed by atoms with Crippen molar-refractivity contribution in [2.45, 2.75) is 25.0 Å². The smallest absolute Gasteiger partial charge is 0.237 e. The Labute approximate surface area is 105 Å². The molecule has 16 heavy (non-hydrogen) atoms. The van der Waals surface area contributed by atoms with Gasteiger partial charge in [-0.3, -0.25) is 4.79 Å². The second-order valence-corrected chi connectivity index (χ2v) is 5.62. The SMILES string of the molecule is Cc1c(Cl)cccc1NC(=O)C1CCCS1. The van der Waals surface area contributed by atoms with Crippen LogP contribution in [0, 0.1) is 6.92 Å². The molecule has 1 atom stereocenters. The highest BCUT2D eigenvalue weighted by atomic mass is 35.5. The van der Waals surface area contributed by atoms with E-state index in [9.17, 15) is 4.79 Å². The van der Waals surface area contributed by atoms with Crippen molar-refractivity contribution in [1.29, 1.82) is 0 Å². The highest BCUT2D eigenvalue weighted by molar-refractivity contribution is 8.00. The highest BCUT2D eigenvalue weighted by Crippen LogP contribution is 2.28. The molecule has 1 amide bonds. The van der Waals surface area contributed by atoms with Gasteiger partial charge in [-0.25, -0.2) is 0 Å². The quantitative estimate of drug-likeness (QED) is 0.877. The van der Waals surface area contributed by atoms with Crippen molar-refractivity contribution < 1.29 is 4.79 Å². The van der Waals surface area contributed by atoms with Gasteiger partial charge < -0.3 is 5.32 Å². The van der Waals surface area contributed by atoms with Crippen LogP contribution in [0.4, 0.5) is 5.69 Å². The largest absolute Gasteiger partial charge is 0.325 e. The van der Waals surface area contributed by atoms with Crippen LogP contribution >= 0.6 is 23.4 Å². The monoisotopic (exact) mass is 255 g/mol. The van der Waals surface area contributed by atoms with Crippen molar-refractivity contribution in [2.75, 3.05) is 11.1 Å². The first-order chi connectivity index (χ1) is 7.68. The van der Waals surface area contributed by atoms with Gasteiger partial charge in [-0.05, 0) is 43.2 Å². The minimum Gasteiger partial charge on any atom is -0.325 e. The summed E-state index contributed by atoms with van der Waals surface area (Å²) in [5, 5.41) is 3.75. The van der Waals surface area contributed by atoms with Crippen LogP contribution in [-0.2, 0) is 4.79 Å². The third-order valence-electron chi connectivity index (χ3n) is 2.75. The number of hydrogen-bond donors (Lipinski definition) is 1. The first-order valence-electron chi connectivity index (χ1n) is 5.36. The van der Waals surface area contributed by atoms with Gasteiger partial charge in [-0.1, -0.05) is 17.7 Å². The van der Waals surface area contributed by atoms with Gasteiger partial charge in [0.25, 0.3) is 0 Å². The van der Waals surface area contributed by atoms with E-state index in [0.29, 0.717) is 5.02 Å².